The quantitative estimate of drug-likeness (QED) is 0.837. The zero-order chi connectivity index (χ0) is 17.2. The lowest BCUT2D eigenvalue weighted by molar-refractivity contribution is 0.131. The van der Waals surface area contributed by atoms with Gasteiger partial charge in [-0.05, 0) is 49.3 Å². The van der Waals surface area contributed by atoms with Crippen LogP contribution >= 0.6 is 0 Å². The maximum absolute atomic E-state index is 12.0. The van der Waals surface area contributed by atoms with Crippen LogP contribution in [0.3, 0.4) is 0 Å². The summed E-state index contributed by atoms with van der Waals surface area (Å²) >= 11 is 0. The summed E-state index contributed by atoms with van der Waals surface area (Å²) in [5.74, 6) is 0.491. The Kier molecular flexibility index (Phi) is 5.14. The Bertz CT molecular complexity index is 723. The van der Waals surface area contributed by atoms with Gasteiger partial charge in [-0.1, -0.05) is 45.7 Å². The molecule has 1 aliphatic carbocycles. The summed E-state index contributed by atoms with van der Waals surface area (Å²) < 4.78 is 7.04. The lowest BCUT2D eigenvalue weighted by Gasteiger charge is -2.41. The molecule has 3 rings (SSSR count). The highest BCUT2D eigenvalue weighted by molar-refractivity contribution is 5.72. The number of fused-ring (bicyclic) bond motifs is 1. The molecular weight excluding hydrogens is 300 g/mol. The van der Waals surface area contributed by atoms with Gasteiger partial charge in [0.05, 0.1) is 5.52 Å². The average molecular weight is 330 g/mol. The third-order valence-corrected chi connectivity index (χ3v) is 5.42. The van der Waals surface area contributed by atoms with Crippen LogP contribution in [-0.2, 0) is 6.54 Å². The van der Waals surface area contributed by atoms with Crippen LogP contribution < -0.4 is 11.1 Å². The Labute approximate surface area is 144 Å². The Hall–Kier alpha value is -1.55. The van der Waals surface area contributed by atoms with Crippen molar-refractivity contribution in [1.29, 1.82) is 0 Å². The summed E-state index contributed by atoms with van der Waals surface area (Å²) in [4.78, 5) is 12.0. The largest absolute Gasteiger partial charge is 0.419 e. The molecule has 4 heteroatoms. The van der Waals surface area contributed by atoms with Gasteiger partial charge in [-0.15, -0.1) is 0 Å². The smallest absolute Gasteiger partial charge is 0.408 e. The molecular formula is C20H30N2O2. The molecule has 132 valence electrons. The van der Waals surface area contributed by atoms with Gasteiger partial charge in [-0.25, -0.2) is 4.79 Å². The van der Waals surface area contributed by atoms with Crippen molar-refractivity contribution in [2.75, 3.05) is 6.54 Å². The van der Waals surface area contributed by atoms with E-state index < -0.39 is 0 Å². The van der Waals surface area contributed by atoms with Crippen molar-refractivity contribution in [2.24, 2.45) is 11.3 Å². The molecule has 1 saturated carbocycles. The normalized spacial score (nSPS) is 22.1. The summed E-state index contributed by atoms with van der Waals surface area (Å²) in [6.45, 7) is 8.72. The van der Waals surface area contributed by atoms with E-state index in [1.807, 2.05) is 24.3 Å². The lowest BCUT2D eigenvalue weighted by Crippen LogP contribution is -2.44. The Morgan fingerprint density at radius 2 is 1.96 bits per heavy atom. The fraction of sp³-hybridized carbons (Fsp3) is 0.650. The van der Waals surface area contributed by atoms with Crippen molar-refractivity contribution in [3.63, 3.8) is 0 Å². The number of aryl methyl sites for hydroxylation is 1. The van der Waals surface area contributed by atoms with E-state index in [9.17, 15) is 4.79 Å². The van der Waals surface area contributed by atoms with E-state index in [-0.39, 0.29) is 5.76 Å². The van der Waals surface area contributed by atoms with Crippen LogP contribution in [0.4, 0.5) is 0 Å². The number of hydrogen-bond donors (Lipinski definition) is 1. The summed E-state index contributed by atoms with van der Waals surface area (Å²) in [6.07, 6.45) is 6.23. The SMILES string of the molecule is CC(C)(C)C1CCCCC1NCCCn1c(=O)oc2ccccc21. The number of benzene rings is 1. The minimum atomic E-state index is -0.249. The number of rotatable bonds is 5. The van der Waals surface area contributed by atoms with E-state index in [4.69, 9.17) is 4.42 Å². The van der Waals surface area contributed by atoms with E-state index in [2.05, 4.69) is 26.1 Å². The molecule has 24 heavy (non-hydrogen) atoms. The minimum absolute atomic E-state index is 0.249. The molecule has 0 aliphatic heterocycles. The molecule has 0 amide bonds. The first-order valence-electron chi connectivity index (χ1n) is 9.28. The molecule has 2 unspecified atom stereocenters. The van der Waals surface area contributed by atoms with Gasteiger partial charge in [0.15, 0.2) is 5.58 Å². The van der Waals surface area contributed by atoms with E-state index in [1.165, 1.54) is 25.7 Å². The molecule has 1 heterocycles. The van der Waals surface area contributed by atoms with Crippen molar-refractivity contribution >= 4 is 11.1 Å². The van der Waals surface area contributed by atoms with E-state index in [0.29, 0.717) is 23.6 Å². The third kappa shape index (κ3) is 3.75. The van der Waals surface area contributed by atoms with Crippen LogP contribution in [0, 0.1) is 11.3 Å². The van der Waals surface area contributed by atoms with Crippen LogP contribution in [0.2, 0.25) is 0 Å². The molecule has 1 N–H and O–H groups in total. The number of nitrogens with zero attached hydrogens (tertiary/aromatic N) is 1. The molecule has 1 aromatic heterocycles. The fourth-order valence-corrected chi connectivity index (χ4v) is 4.16. The van der Waals surface area contributed by atoms with Crippen LogP contribution in [0.15, 0.2) is 33.5 Å². The molecule has 0 bridgehead atoms. The molecule has 4 nitrogen and oxygen atoms in total. The molecule has 2 atom stereocenters. The first-order chi connectivity index (χ1) is 11.5. The highest BCUT2D eigenvalue weighted by Gasteiger charge is 2.33. The summed E-state index contributed by atoms with van der Waals surface area (Å²) in [5.41, 5.74) is 1.93. The molecule has 2 aromatic rings. The maximum atomic E-state index is 12.0. The topological polar surface area (TPSA) is 47.2 Å². The average Bonchev–Trinajstić information content (AvgIpc) is 2.86. The molecule has 1 fully saturated rings. The van der Waals surface area contributed by atoms with Gasteiger partial charge in [0.1, 0.15) is 0 Å². The van der Waals surface area contributed by atoms with Crippen molar-refractivity contribution in [2.45, 2.75) is 65.5 Å². The summed E-state index contributed by atoms with van der Waals surface area (Å²) in [7, 11) is 0. The Morgan fingerprint density at radius 3 is 2.75 bits per heavy atom. The van der Waals surface area contributed by atoms with Crippen LogP contribution in [-0.4, -0.2) is 17.2 Å². The molecule has 0 saturated heterocycles. The van der Waals surface area contributed by atoms with E-state index >= 15 is 0 Å². The molecule has 1 aliphatic rings. The zero-order valence-electron chi connectivity index (χ0n) is 15.2. The second kappa shape index (κ2) is 7.14. The predicted molar refractivity (Wildman–Crippen MR) is 98.3 cm³/mol. The fourth-order valence-electron chi connectivity index (χ4n) is 4.16. The highest BCUT2D eigenvalue weighted by atomic mass is 16.4. The number of oxazole rings is 1. The molecule has 1 aromatic carbocycles. The van der Waals surface area contributed by atoms with Gasteiger partial charge in [0.2, 0.25) is 0 Å². The van der Waals surface area contributed by atoms with Gasteiger partial charge < -0.3 is 9.73 Å². The van der Waals surface area contributed by atoms with E-state index in [0.717, 1.165) is 24.4 Å². The minimum Gasteiger partial charge on any atom is -0.408 e. The van der Waals surface area contributed by atoms with Crippen molar-refractivity contribution in [3.8, 4) is 0 Å². The number of nitrogens with one attached hydrogen (secondary N) is 1. The third-order valence-electron chi connectivity index (χ3n) is 5.42. The van der Waals surface area contributed by atoms with Crippen LogP contribution in [0.1, 0.15) is 52.9 Å². The Morgan fingerprint density at radius 1 is 1.21 bits per heavy atom. The van der Waals surface area contributed by atoms with Gasteiger partial charge in [-0.2, -0.15) is 0 Å². The van der Waals surface area contributed by atoms with Crippen molar-refractivity contribution < 1.29 is 4.42 Å². The van der Waals surface area contributed by atoms with Crippen molar-refractivity contribution in [3.05, 3.63) is 34.8 Å². The number of aromatic nitrogens is 1. The number of hydrogen-bond acceptors (Lipinski definition) is 3. The number of para-hydroxylation sites is 2. The second-order valence-corrected chi connectivity index (χ2v) is 8.16. The predicted octanol–water partition coefficient (Wildman–Crippen LogP) is 4.18. The summed E-state index contributed by atoms with van der Waals surface area (Å²) in [6, 6.07) is 8.25. The molecule has 0 spiro atoms. The standard InChI is InChI=1S/C20H30N2O2/c1-20(2,3)15-9-4-5-10-16(15)21-13-8-14-22-17-11-6-7-12-18(17)24-19(22)23/h6-7,11-12,15-16,21H,4-5,8-10,13-14H2,1-3H3. The monoisotopic (exact) mass is 330 g/mol. The summed E-state index contributed by atoms with van der Waals surface area (Å²) in [5, 5.41) is 3.76. The Balaban J connectivity index is 1.56. The first-order valence-corrected chi connectivity index (χ1v) is 9.28. The van der Waals surface area contributed by atoms with Gasteiger partial charge in [0.25, 0.3) is 0 Å². The highest BCUT2D eigenvalue weighted by Crippen LogP contribution is 2.37. The molecule has 0 radical (unpaired) electrons. The van der Waals surface area contributed by atoms with Crippen molar-refractivity contribution in [1.82, 2.24) is 9.88 Å². The van der Waals surface area contributed by atoms with E-state index in [1.54, 1.807) is 4.57 Å². The first kappa shape index (κ1) is 17.3. The maximum Gasteiger partial charge on any atom is 0.419 e. The van der Waals surface area contributed by atoms with Gasteiger partial charge in [-0.3, -0.25) is 4.57 Å². The van der Waals surface area contributed by atoms with Gasteiger partial charge >= 0.3 is 5.76 Å². The second-order valence-electron chi connectivity index (χ2n) is 8.16. The van der Waals surface area contributed by atoms with Crippen LogP contribution in [0.25, 0.3) is 11.1 Å². The van der Waals surface area contributed by atoms with Crippen LogP contribution in [0.5, 0.6) is 0 Å². The lowest BCUT2D eigenvalue weighted by atomic mass is 9.69. The zero-order valence-corrected chi connectivity index (χ0v) is 15.2. The van der Waals surface area contributed by atoms with Gasteiger partial charge in [0, 0.05) is 12.6 Å².